The minimum Gasteiger partial charge on any atom is -0.497 e. The summed E-state index contributed by atoms with van der Waals surface area (Å²) in [6.07, 6.45) is 0.496. The van der Waals surface area contributed by atoms with Crippen LogP contribution in [-0.4, -0.2) is 26.7 Å². The number of hydrogen-bond donors (Lipinski definition) is 1. The zero-order chi connectivity index (χ0) is 12.5. The van der Waals surface area contributed by atoms with Crippen molar-refractivity contribution < 1.29 is 14.3 Å². The Morgan fingerprint density at radius 3 is 2.59 bits per heavy atom. The molecule has 1 atom stereocenters. The number of rotatable bonds is 3. The van der Waals surface area contributed by atoms with Gasteiger partial charge in [0, 0.05) is 30.0 Å². The highest BCUT2D eigenvalue weighted by atomic mass is 16.5. The quantitative estimate of drug-likeness (QED) is 0.863. The number of methoxy groups -OCH3 is 2. The summed E-state index contributed by atoms with van der Waals surface area (Å²) in [4.78, 5) is 11.4. The number of carbonyl (C=O) groups excluding carboxylic acids is 1. The Morgan fingerprint density at radius 1 is 1.29 bits per heavy atom. The van der Waals surface area contributed by atoms with Gasteiger partial charge in [-0.3, -0.25) is 4.79 Å². The number of carbonyl (C=O) groups is 1. The lowest BCUT2D eigenvalue weighted by atomic mass is 9.81. The van der Waals surface area contributed by atoms with Gasteiger partial charge >= 0.3 is 0 Å². The van der Waals surface area contributed by atoms with Crippen LogP contribution in [0.1, 0.15) is 18.9 Å². The topological polar surface area (TPSA) is 47.6 Å². The molecule has 1 fully saturated rings. The van der Waals surface area contributed by atoms with Crippen LogP contribution in [0.15, 0.2) is 18.2 Å². The van der Waals surface area contributed by atoms with Crippen molar-refractivity contribution >= 4 is 5.91 Å². The Hall–Kier alpha value is -1.71. The monoisotopic (exact) mass is 235 g/mol. The minimum absolute atomic E-state index is 0.0883. The fourth-order valence-corrected chi connectivity index (χ4v) is 2.26. The molecule has 0 radical (unpaired) electrons. The van der Waals surface area contributed by atoms with Gasteiger partial charge < -0.3 is 14.8 Å². The van der Waals surface area contributed by atoms with Crippen LogP contribution in [0.5, 0.6) is 11.5 Å². The van der Waals surface area contributed by atoms with Gasteiger partial charge in [-0.05, 0) is 6.07 Å². The highest BCUT2D eigenvalue weighted by Gasteiger charge is 2.37. The molecule has 1 unspecified atom stereocenters. The second kappa shape index (κ2) is 4.28. The molecule has 2 rings (SSSR count). The van der Waals surface area contributed by atoms with Gasteiger partial charge in [0.25, 0.3) is 0 Å². The lowest BCUT2D eigenvalue weighted by Crippen LogP contribution is -2.25. The molecular weight excluding hydrogens is 218 g/mol. The molecular formula is C13H17NO3. The fourth-order valence-electron chi connectivity index (χ4n) is 2.26. The highest BCUT2D eigenvalue weighted by Crippen LogP contribution is 2.38. The minimum atomic E-state index is -0.200. The third kappa shape index (κ3) is 2.07. The molecule has 1 saturated heterocycles. The zero-order valence-corrected chi connectivity index (χ0v) is 10.4. The zero-order valence-electron chi connectivity index (χ0n) is 10.4. The molecule has 0 spiro atoms. The molecule has 1 heterocycles. The van der Waals surface area contributed by atoms with Crippen molar-refractivity contribution in [2.24, 2.45) is 0 Å². The molecule has 4 heteroatoms. The second-order valence-corrected chi connectivity index (χ2v) is 4.58. The SMILES string of the molecule is COc1ccc(C2(C)CNC(=O)C2)c(OC)c1. The largest absolute Gasteiger partial charge is 0.497 e. The Morgan fingerprint density at radius 2 is 2.06 bits per heavy atom. The van der Waals surface area contributed by atoms with E-state index in [9.17, 15) is 4.79 Å². The maximum absolute atomic E-state index is 11.4. The first-order chi connectivity index (χ1) is 8.09. The van der Waals surface area contributed by atoms with Gasteiger partial charge in [-0.1, -0.05) is 13.0 Å². The lowest BCUT2D eigenvalue weighted by Gasteiger charge is -2.24. The van der Waals surface area contributed by atoms with E-state index in [2.05, 4.69) is 12.2 Å². The molecule has 0 bridgehead atoms. The molecule has 1 aliphatic heterocycles. The van der Waals surface area contributed by atoms with Crippen LogP contribution in [0.25, 0.3) is 0 Å². The molecule has 0 aromatic heterocycles. The number of amides is 1. The average Bonchev–Trinajstić information content (AvgIpc) is 2.69. The van der Waals surface area contributed by atoms with E-state index in [1.807, 2.05) is 18.2 Å². The number of nitrogens with one attached hydrogen (secondary N) is 1. The Labute approximate surface area is 101 Å². The van der Waals surface area contributed by atoms with E-state index in [-0.39, 0.29) is 11.3 Å². The van der Waals surface area contributed by atoms with Gasteiger partial charge in [-0.2, -0.15) is 0 Å². The standard InChI is InChI=1S/C13H17NO3/c1-13(7-12(15)14-8-13)10-5-4-9(16-2)6-11(10)17-3/h4-6H,7-8H2,1-3H3,(H,14,15). The third-order valence-corrected chi connectivity index (χ3v) is 3.29. The predicted octanol–water partition coefficient (Wildman–Crippen LogP) is 1.48. The van der Waals surface area contributed by atoms with Crippen molar-refractivity contribution in [1.29, 1.82) is 0 Å². The van der Waals surface area contributed by atoms with Crippen molar-refractivity contribution in [3.63, 3.8) is 0 Å². The van der Waals surface area contributed by atoms with Crippen LogP contribution in [0, 0.1) is 0 Å². The van der Waals surface area contributed by atoms with Crippen molar-refractivity contribution in [3.05, 3.63) is 23.8 Å². The van der Waals surface area contributed by atoms with E-state index in [0.717, 1.165) is 17.1 Å². The summed E-state index contributed by atoms with van der Waals surface area (Å²) in [6, 6.07) is 5.72. The van der Waals surface area contributed by atoms with Gasteiger partial charge in [0.1, 0.15) is 11.5 Å². The normalized spacial score (nSPS) is 23.4. The van der Waals surface area contributed by atoms with E-state index in [1.165, 1.54) is 0 Å². The maximum Gasteiger partial charge on any atom is 0.220 e. The van der Waals surface area contributed by atoms with Gasteiger partial charge in [-0.15, -0.1) is 0 Å². The van der Waals surface area contributed by atoms with Gasteiger partial charge in [0.2, 0.25) is 5.91 Å². The van der Waals surface area contributed by atoms with Crippen LogP contribution < -0.4 is 14.8 Å². The molecule has 0 aliphatic carbocycles. The summed E-state index contributed by atoms with van der Waals surface area (Å²) in [5.74, 6) is 1.61. The summed E-state index contributed by atoms with van der Waals surface area (Å²) < 4.78 is 10.5. The molecule has 4 nitrogen and oxygen atoms in total. The fraction of sp³-hybridized carbons (Fsp3) is 0.462. The van der Waals surface area contributed by atoms with E-state index in [1.54, 1.807) is 14.2 Å². The van der Waals surface area contributed by atoms with E-state index in [0.29, 0.717) is 13.0 Å². The van der Waals surface area contributed by atoms with Crippen LogP contribution >= 0.6 is 0 Å². The first kappa shape index (κ1) is 11.8. The van der Waals surface area contributed by atoms with Gasteiger partial charge in [0.15, 0.2) is 0 Å². The van der Waals surface area contributed by atoms with Crippen LogP contribution in [0.4, 0.5) is 0 Å². The van der Waals surface area contributed by atoms with Crippen LogP contribution in [0.3, 0.4) is 0 Å². The van der Waals surface area contributed by atoms with E-state index >= 15 is 0 Å². The number of hydrogen-bond acceptors (Lipinski definition) is 3. The predicted molar refractivity (Wildman–Crippen MR) is 64.5 cm³/mol. The maximum atomic E-state index is 11.4. The summed E-state index contributed by atoms with van der Waals surface area (Å²) in [5.41, 5.74) is 0.841. The summed E-state index contributed by atoms with van der Waals surface area (Å²) in [6.45, 7) is 2.71. The number of ether oxygens (including phenoxy) is 2. The van der Waals surface area contributed by atoms with Crippen molar-refractivity contribution in [2.75, 3.05) is 20.8 Å². The number of benzene rings is 1. The highest BCUT2D eigenvalue weighted by molar-refractivity contribution is 5.81. The van der Waals surface area contributed by atoms with Gasteiger partial charge in [0.05, 0.1) is 14.2 Å². The van der Waals surface area contributed by atoms with Crippen molar-refractivity contribution in [3.8, 4) is 11.5 Å². The Balaban J connectivity index is 2.41. The molecule has 1 amide bonds. The first-order valence-electron chi connectivity index (χ1n) is 5.58. The molecule has 1 aromatic rings. The van der Waals surface area contributed by atoms with E-state index < -0.39 is 0 Å². The molecule has 1 aromatic carbocycles. The van der Waals surface area contributed by atoms with Crippen molar-refractivity contribution in [2.45, 2.75) is 18.8 Å². The second-order valence-electron chi connectivity index (χ2n) is 4.58. The molecule has 1 aliphatic rings. The molecule has 0 saturated carbocycles. The average molecular weight is 235 g/mol. The molecule has 1 N–H and O–H groups in total. The van der Waals surface area contributed by atoms with Crippen molar-refractivity contribution in [1.82, 2.24) is 5.32 Å². The van der Waals surface area contributed by atoms with Gasteiger partial charge in [-0.25, -0.2) is 0 Å². The Bertz CT molecular complexity index is 444. The smallest absolute Gasteiger partial charge is 0.220 e. The molecule has 92 valence electrons. The van der Waals surface area contributed by atoms with E-state index in [4.69, 9.17) is 9.47 Å². The van der Waals surface area contributed by atoms with Crippen LogP contribution in [-0.2, 0) is 10.2 Å². The summed E-state index contributed by atoms with van der Waals surface area (Å²) >= 11 is 0. The Kier molecular flexibility index (Phi) is 2.96. The summed E-state index contributed by atoms with van der Waals surface area (Å²) in [7, 11) is 3.25. The lowest BCUT2D eigenvalue weighted by molar-refractivity contribution is -0.119. The first-order valence-corrected chi connectivity index (χ1v) is 5.58. The third-order valence-electron chi connectivity index (χ3n) is 3.29. The molecule has 17 heavy (non-hydrogen) atoms. The van der Waals surface area contributed by atoms with Crippen LogP contribution in [0.2, 0.25) is 0 Å². The summed E-state index contributed by atoms with van der Waals surface area (Å²) in [5, 5.41) is 2.86.